The molecule has 1 atom stereocenters. The number of nitrogens with zero attached hydrogens (tertiary/aromatic N) is 3. The summed E-state index contributed by atoms with van der Waals surface area (Å²) in [6.45, 7) is 2.05. The first-order chi connectivity index (χ1) is 12.2. The number of aromatic nitrogens is 3. The van der Waals surface area contributed by atoms with E-state index in [1.165, 1.54) is 11.8 Å². The Kier molecular flexibility index (Phi) is 4.46. The normalized spacial score (nSPS) is 15.4. The molecular formula is C18H15ClN4OS. The quantitative estimate of drug-likeness (QED) is 0.668. The van der Waals surface area contributed by atoms with Gasteiger partial charge in [0.25, 0.3) is 0 Å². The van der Waals surface area contributed by atoms with Gasteiger partial charge in [0, 0.05) is 21.8 Å². The first-order valence-corrected chi connectivity index (χ1v) is 9.26. The second-order valence-corrected chi connectivity index (χ2v) is 7.09. The lowest BCUT2D eigenvalue weighted by Gasteiger charge is -2.19. The van der Waals surface area contributed by atoms with Gasteiger partial charge >= 0.3 is 0 Å². The number of benzene rings is 2. The number of halogens is 1. The predicted octanol–water partition coefficient (Wildman–Crippen LogP) is 4.81. The molecule has 0 aliphatic carbocycles. The number of fused-ring (bicyclic) bond motifs is 3. The highest BCUT2D eigenvalue weighted by Crippen LogP contribution is 2.39. The maximum atomic E-state index is 6.17. The van der Waals surface area contributed by atoms with Gasteiger partial charge < -0.3 is 10.1 Å². The zero-order valence-electron chi connectivity index (χ0n) is 13.4. The molecule has 2 aromatic carbocycles. The van der Waals surface area contributed by atoms with Crippen LogP contribution in [0.2, 0.25) is 5.02 Å². The average molecular weight is 371 g/mol. The summed E-state index contributed by atoms with van der Waals surface area (Å²) in [4.78, 5) is 4.56. The second-order valence-electron chi connectivity index (χ2n) is 5.42. The van der Waals surface area contributed by atoms with Crippen molar-refractivity contribution < 1.29 is 4.74 Å². The molecule has 25 heavy (non-hydrogen) atoms. The third-order valence-corrected chi connectivity index (χ3v) is 4.75. The first kappa shape index (κ1) is 16.2. The summed E-state index contributed by atoms with van der Waals surface area (Å²) in [6.07, 6.45) is -0.393. The van der Waals surface area contributed by atoms with Gasteiger partial charge in [-0.15, -0.1) is 10.2 Å². The third kappa shape index (κ3) is 3.27. The van der Waals surface area contributed by atoms with E-state index in [1.54, 1.807) is 0 Å². The lowest BCUT2D eigenvalue weighted by molar-refractivity contribution is 0.225. The third-order valence-electron chi connectivity index (χ3n) is 3.78. The fourth-order valence-corrected chi connectivity index (χ4v) is 3.26. The first-order valence-electron chi connectivity index (χ1n) is 7.90. The molecule has 1 aromatic heterocycles. The van der Waals surface area contributed by atoms with Crippen molar-refractivity contribution in [1.82, 2.24) is 15.2 Å². The number of para-hydroxylation sites is 1. The summed E-state index contributed by atoms with van der Waals surface area (Å²) < 4.78 is 6.17. The van der Waals surface area contributed by atoms with Crippen molar-refractivity contribution >= 4 is 29.1 Å². The Bertz CT molecular complexity index is 904. The molecular weight excluding hydrogens is 356 g/mol. The van der Waals surface area contributed by atoms with Gasteiger partial charge in [-0.05, 0) is 24.0 Å². The van der Waals surface area contributed by atoms with Crippen molar-refractivity contribution in [2.75, 3.05) is 11.1 Å². The number of thioether (sulfide) groups is 1. The van der Waals surface area contributed by atoms with Crippen LogP contribution in [-0.2, 0) is 0 Å². The summed E-state index contributed by atoms with van der Waals surface area (Å²) in [5, 5.41) is 13.3. The van der Waals surface area contributed by atoms with E-state index in [0.717, 1.165) is 22.6 Å². The van der Waals surface area contributed by atoms with E-state index in [-0.39, 0.29) is 0 Å². The van der Waals surface area contributed by atoms with Crippen molar-refractivity contribution in [3.8, 4) is 17.1 Å². The van der Waals surface area contributed by atoms with Gasteiger partial charge in [0.15, 0.2) is 11.9 Å². The molecule has 1 N–H and O–H groups in total. The van der Waals surface area contributed by atoms with Crippen molar-refractivity contribution in [1.29, 1.82) is 0 Å². The summed E-state index contributed by atoms with van der Waals surface area (Å²) >= 11 is 7.54. The fourth-order valence-electron chi connectivity index (χ4n) is 2.63. The lowest BCUT2D eigenvalue weighted by atomic mass is 10.1. The zero-order chi connectivity index (χ0) is 17.2. The molecule has 0 amide bonds. The summed E-state index contributed by atoms with van der Waals surface area (Å²) in [7, 11) is 0. The van der Waals surface area contributed by atoms with Gasteiger partial charge in [-0.2, -0.15) is 4.98 Å². The fraction of sp³-hybridized carbons (Fsp3) is 0.167. The molecule has 5 nitrogen and oxygen atoms in total. The number of rotatable bonds is 3. The standard InChI is InChI=1S/C18H15ClN4OS/c1-2-25-18-21-17-15(22-23-18)13-5-3-4-6-14(13)20-16(24-17)11-7-9-12(19)10-8-11/h3-10,16,20H,2H2,1H3/t16-/m0/s1. The Balaban J connectivity index is 1.82. The van der Waals surface area contributed by atoms with E-state index >= 15 is 0 Å². The van der Waals surface area contributed by atoms with Crippen LogP contribution in [0.4, 0.5) is 5.69 Å². The predicted molar refractivity (Wildman–Crippen MR) is 100 cm³/mol. The van der Waals surface area contributed by atoms with E-state index in [1.807, 2.05) is 55.5 Å². The van der Waals surface area contributed by atoms with E-state index in [2.05, 4.69) is 20.5 Å². The van der Waals surface area contributed by atoms with Crippen LogP contribution in [0.1, 0.15) is 18.7 Å². The van der Waals surface area contributed by atoms with Crippen LogP contribution in [0.5, 0.6) is 5.88 Å². The topological polar surface area (TPSA) is 59.9 Å². The molecule has 0 unspecified atom stereocenters. The van der Waals surface area contributed by atoms with E-state index in [9.17, 15) is 0 Å². The minimum atomic E-state index is -0.393. The van der Waals surface area contributed by atoms with Gasteiger partial charge in [0.05, 0.1) is 0 Å². The molecule has 0 bridgehead atoms. The Morgan fingerprint density at radius 1 is 1.12 bits per heavy atom. The van der Waals surface area contributed by atoms with Crippen LogP contribution < -0.4 is 10.1 Å². The molecule has 4 rings (SSSR count). The van der Waals surface area contributed by atoms with E-state index < -0.39 is 6.23 Å². The number of hydrogen-bond acceptors (Lipinski definition) is 6. The number of hydrogen-bond donors (Lipinski definition) is 1. The maximum Gasteiger partial charge on any atom is 0.247 e. The van der Waals surface area contributed by atoms with Gasteiger partial charge in [0.2, 0.25) is 11.0 Å². The number of ether oxygens (including phenoxy) is 1. The van der Waals surface area contributed by atoms with Crippen molar-refractivity contribution in [2.45, 2.75) is 18.3 Å². The van der Waals surface area contributed by atoms with Crippen LogP contribution in [0, 0.1) is 0 Å². The van der Waals surface area contributed by atoms with Crippen LogP contribution in [0.15, 0.2) is 53.7 Å². The second kappa shape index (κ2) is 6.90. The molecule has 2 heterocycles. The Labute approximate surface area is 154 Å². The largest absolute Gasteiger partial charge is 0.448 e. The van der Waals surface area contributed by atoms with Crippen LogP contribution in [0.25, 0.3) is 11.3 Å². The lowest BCUT2D eigenvalue weighted by Crippen LogP contribution is -2.17. The molecule has 0 spiro atoms. The highest BCUT2D eigenvalue weighted by Gasteiger charge is 2.25. The monoisotopic (exact) mass is 370 g/mol. The Hall–Kier alpha value is -2.31. The smallest absolute Gasteiger partial charge is 0.247 e. The molecule has 7 heteroatoms. The van der Waals surface area contributed by atoms with Gasteiger partial charge in [-0.3, -0.25) is 0 Å². The van der Waals surface area contributed by atoms with E-state index in [4.69, 9.17) is 16.3 Å². The number of anilines is 1. The molecule has 0 saturated heterocycles. The minimum Gasteiger partial charge on any atom is -0.448 e. The summed E-state index contributed by atoms with van der Waals surface area (Å²) in [5.74, 6) is 1.35. The molecule has 1 aliphatic rings. The van der Waals surface area contributed by atoms with Crippen LogP contribution >= 0.6 is 23.4 Å². The molecule has 0 saturated carbocycles. The molecule has 126 valence electrons. The zero-order valence-corrected chi connectivity index (χ0v) is 15.0. The number of nitrogens with one attached hydrogen (secondary N) is 1. The highest BCUT2D eigenvalue weighted by atomic mass is 35.5. The van der Waals surface area contributed by atoms with E-state index in [0.29, 0.717) is 21.8 Å². The van der Waals surface area contributed by atoms with Gasteiger partial charge in [0.1, 0.15) is 0 Å². The van der Waals surface area contributed by atoms with Crippen LogP contribution in [-0.4, -0.2) is 20.9 Å². The minimum absolute atomic E-state index is 0.393. The maximum absolute atomic E-state index is 6.17. The summed E-state index contributed by atoms with van der Waals surface area (Å²) in [6, 6.07) is 15.5. The van der Waals surface area contributed by atoms with Gasteiger partial charge in [-0.25, -0.2) is 0 Å². The summed E-state index contributed by atoms with van der Waals surface area (Å²) in [5.41, 5.74) is 3.44. The van der Waals surface area contributed by atoms with Crippen LogP contribution in [0.3, 0.4) is 0 Å². The molecule has 0 fully saturated rings. The van der Waals surface area contributed by atoms with Gasteiger partial charge in [-0.1, -0.05) is 60.6 Å². The molecule has 3 aromatic rings. The SMILES string of the molecule is CCSc1nnc2c(n1)O[C@@H](c1ccc(Cl)cc1)Nc1ccccc1-2. The molecule has 1 aliphatic heterocycles. The Morgan fingerprint density at radius 3 is 2.72 bits per heavy atom. The van der Waals surface area contributed by atoms with Crippen molar-refractivity contribution in [2.24, 2.45) is 0 Å². The van der Waals surface area contributed by atoms with Crippen molar-refractivity contribution in [3.63, 3.8) is 0 Å². The Morgan fingerprint density at radius 2 is 1.92 bits per heavy atom. The average Bonchev–Trinajstić information content (AvgIpc) is 2.79. The van der Waals surface area contributed by atoms with Crippen molar-refractivity contribution in [3.05, 3.63) is 59.1 Å². The highest BCUT2D eigenvalue weighted by molar-refractivity contribution is 7.99. The molecule has 0 radical (unpaired) electrons.